The molecule has 2 heterocycles. The van der Waals surface area contributed by atoms with E-state index in [1.165, 1.54) is 47.0 Å². The van der Waals surface area contributed by atoms with Gasteiger partial charge in [0, 0.05) is 0 Å². The van der Waals surface area contributed by atoms with Gasteiger partial charge in [0.15, 0.2) is 22.2 Å². The van der Waals surface area contributed by atoms with Crippen molar-refractivity contribution in [2.24, 2.45) is 0 Å². The van der Waals surface area contributed by atoms with E-state index in [0.717, 1.165) is 0 Å². The summed E-state index contributed by atoms with van der Waals surface area (Å²) >= 11 is 5.02. The molecule has 0 saturated carbocycles. The predicted molar refractivity (Wildman–Crippen MR) is 196 cm³/mol. The van der Waals surface area contributed by atoms with Gasteiger partial charge in [0.1, 0.15) is 17.6 Å². The van der Waals surface area contributed by atoms with Crippen molar-refractivity contribution in [3.05, 3.63) is 31.2 Å². The topological polar surface area (TPSA) is 118 Å². The Bertz CT molecular complexity index is 1480. The minimum absolute atomic E-state index is 0.0866. The summed E-state index contributed by atoms with van der Waals surface area (Å²) in [5, 5.41) is 10.1. The first kappa shape index (κ1) is 39.6. The molecular weight excluding hydrogens is 729 g/mol. The van der Waals surface area contributed by atoms with Crippen LogP contribution in [0.3, 0.4) is 0 Å². The Labute approximate surface area is 298 Å². The molecule has 0 aromatic heterocycles. The smallest absolute Gasteiger partial charge is 0.350 e. The van der Waals surface area contributed by atoms with Crippen LogP contribution in [0.25, 0.3) is 4.85 Å². The lowest BCUT2D eigenvalue weighted by molar-refractivity contribution is -0.139. The summed E-state index contributed by atoms with van der Waals surface area (Å²) in [6.45, 7) is 29.0. The number of thioether (sulfide) groups is 4. The molecule has 0 N–H and O–H groups in total. The molecule has 0 amide bonds. The fraction of sp³-hybridized carbons (Fsp3) is 0.533. The summed E-state index contributed by atoms with van der Waals surface area (Å²) in [7, 11) is -6.21. The molecule has 1 aromatic carbocycles. The highest BCUT2D eigenvalue weighted by atomic mass is 32.2. The van der Waals surface area contributed by atoms with Gasteiger partial charge in [-0.2, -0.15) is 5.26 Å². The lowest BCUT2D eigenvalue weighted by Gasteiger charge is -2.38. The molecule has 0 bridgehead atoms. The monoisotopic (exact) mass is 770 g/mol. The fourth-order valence-electron chi connectivity index (χ4n) is 4.75. The van der Waals surface area contributed by atoms with Gasteiger partial charge in [-0.15, -0.1) is 0 Å². The van der Waals surface area contributed by atoms with E-state index in [1.54, 1.807) is 6.92 Å². The van der Waals surface area contributed by atoms with Crippen LogP contribution in [0, 0.1) is 17.9 Å². The van der Waals surface area contributed by atoms with Gasteiger partial charge in [0.2, 0.25) is 0 Å². The predicted octanol–water partition coefficient (Wildman–Crippen LogP) is 8.97. The quantitative estimate of drug-likeness (QED) is 0.0422. The summed E-state index contributed by atoms with van der Waals surface area (Å²) in [6, 6.07) is 2.74. The third kappa shape index (κ3) is 10.3. The summed E-state index contributed by atoms with van der Waals surface area (Å²) in [4.78, 5) is 32.1. The minimum atomic E-state index is -2.49. The SMILES string of the molecule is [C-]#[N+]C(C(=O)OCC)=C1Sc2c(OCC)c3c(c(OCC)c2S1)SC(=C(C#N)C(=O)OCCC[Si](C)(O[Si](C)(C)C)O[Si](C)(C)C)S3. The molecule has 0 fully saturated rings. The van der Waals surface area contributed by atoms with Gasteiger partial charge in [-0.3, -0.25) is 4.79 Å². The molecule has 1 aromatic rings. The molecule has 0 unspecified atom stereocenters. The van der Waals surface area contributed by atoms with Crippen LogP contribution >= 0.6 is 47.0 Å². The first-order valence-corrected chi connectivity index (χ1v) is 27.8. The van der Waals surface area contributed by atoms with E-state index in [9.17, 15) is 14.9 Å². The largest absolute Gasteiger partial charge is 0.491 e. The summed E-state index contributed by atoms with van der Waals surface area (Å²) in [5.74, 6) is -0.272. The van der Waals surface area contributed by atoms with Crippen molar-refractivity contribution in [1.82, 2.24) is 0 Å². The average Bonchev–Trinajstić information content (AvgIpc) is 3.57. The molecule has 0 saturated heterocycles. The van der Waals surface area contributed by atoms with Crippen molar-refractivity contribution in [2.75, 3.05) is 26.4 Å². The van der Waals surface area contributed by atoms with E-state index in [1.807, 2.05) is 13.8 Å². The molecule has 17 heteroatoms. The maximum absolute atomic E-state index is 13.3. The third-order valence-electron chi connectivity index (χ3n) is 5.94. The van der Waals surface area contributed by atoms with Crippen molar-refractivity contribution in [3.63, 3.8) is 0 Å². The number of nitriles is 1. The van der Waals surface area contributed by atoms with Crippen LogP contribution in [-0.4, -0.2) is 63.6 Å². The molecule has 256 valence electrons. The van der Waals surface area contributed by atoms with E-state index >= 15 is 0 Å². The second-order valence-electron chi connectivity index (χ2n) is 12.3. The Balaban J connectivity index is 1.89. The number of fused-ring (bicyclic) bond motifs is 2. The summed E-state index contributed by atoms with van der Waals surface area (Å²) in [5.41, 5.74) is -0.183. The van der Waals surface area contributed by atoms with E-state index < -0.39 is 37.1 Å². The standard InChI is InChI=1S/C30H42N2O8S4Si3/c1-12-35-21-23-24(22(36-13-2)26-25(21)43-30(44-26)20(32-4)28(34)37-14-3)42-29(41-23)19(18-31)27(33)38-16-15-17-47(11,39-45(5,6)7)40-46(8,9)10/h12-17H2,1-3,5-11H3. The Kier molecular flexibility index (Phi) is 14.1. The minimum Gasteiger partial charge on any atom is -0.491 e. The van der Waals surface area contributed by atoms with Crippen LogP contribution < -0.4 is 9.47 Å². The maximum Gasteiger partial charge on any atom is 0.350 e. The van der Waals surface area contributed by atoms with Crippen molar-refractivity contribution in [1.29, 1.82) is 5.26 Å². The van der Waals surface area contributed by atoms with Gasteiger partial charge in [0.05, 0.1) is 61.1 Å². The zero-order chi connectivity index (χ0) is 35.2. The van der Waals surface area contributed by atoms with Gasteiger partial charge >= 0.3 is 20.5 Å². The molecule has 3 rings (SSSR count). The van der Waals surface area contributed by atoms with Gasteiger partial charge in [-0.1, -0.05) is 47.0 Å². The number of rotatable bonds is 15. The lowest BCUT2D eigenvalue weighted by atomic mass is 10.3. The maximum atomic E-state index is 13.3. The zero-order valence-electron chi connectivity index (χ0n) is 28.5. The Hall–Kier alpha value is -1.81. The number of nitrogens with zero attached hydrogens (tertiary/aromatic N) is 2. The molecule has 0 aliphatic carbocycles. The van der Waals surface area contributed by atoms with E-state index in [-0.39, 0.29) is 24.5 Å². The summed E-state index contributed by atoms with van der Waals surface area (Å²) in [6.07, 6.45) is 0.566. The second kappa shape index (κ2) is 16.7. The molecule has 47 heavy (non-hydrogen) atoms. The molecule has 0 radical (unpaired) electrons. The first-order chi connectivity index (χ1) is 22.0. The van der Waals surface area contributed by atoms with Crippen LogP contribution in [0.5, 0.6) is 11.5 Å². The van der Waals surface area contributed by atoms with Gasteiger partial charge in [0.25, 0.3) is 5.70 Å². The Morgan fingerprint density at radius 3 is 1.60 bits per heavy atom. The third-order valence-corrected chi connectivity index (χ3v) is 20.7. The van der Waals surface area contributed by atoms with Crippen LogP contribution in [0.2, 0.25) is 51.9 Å². The van der Waals surface area contributed by atoms with Crippen LogP contribution in [0.1, 0.15) is 27.2 Å². The molecule has 0 spiro atoms. The highest BCUT2D eigenvalue weighted by Crippen LogP contribution is 2.68. The molecule has 10 nitrogen and oxygen atoms in total. The van der Waals surface area contributed by atoms with Gasteiger partial charge in [-0.05, 0) is 79.1 Å². The molecule has 0 atom stereocenters. The number of ether oxygens (including phenoxy) is 4. The molecule has 2 aliphatic rings. The van der Waals surface area contributed by atoms with Crippen molar-refractivity contribution < 1.29 is 36.8 Å². The molecular formula is C30H42N2O8S4Si3. The zero-order valence-corrected chi connectivity index (χ0v) is 34.8. The number of hydrogen-bond donors (Lipinski definition) is 0. The summed E-state index contributed by atoms with van der Waals surface area (Å²) < 4.78 is 37.0. The second-order valence-corrected chi connectivity index (χ2v) is 29.7. The number of esters is 2. The highest BCUT2D eigenvalue weighted by molar-refractivity contribution is 8.26. The van der Waals surface area contributed by atoms with Gasteiger partial charge in [-0.25, -0.2) is 9.64 Å². The van der Waals surface area contributed by atoms with Crippen LogP contribution in [0.4, 0.5) is 0 Å². The average molecular weight is 771 g/mol. The number of benzene rings is 1. The first-order valence-electron chi connectivity index (χ1n) is 15.2. The normalized spacial score (nSPS) is 14.1. The molecule has 2 aliphatic heterocycles. The number of carbonyl (C=O) groups is 2. The Morgan fingerprint density at radius 2 is 1.21 bits per heavy atom. The van der Waals surface area contributed by atoms with E-state index in [2.05, 4.69) is 56.7 Å². The Morgan fingerprint density at radius 1 is 0.745 bits per heavy atom. The fourth-order valence-corrected chi connectivity index (χ4v) is 22.6. The van der Waals surface area contributed by atoms with Crippen LogP contribution in [0.15, 0.2) is 39.3 Å². The van der Waals surface area contributed by atoms with E-state index in [0.29, 0.717) is 65.2 Å². The lowest BCUT2D eigenvalue weighted by Crippen LogP contribution is -2.52. The highest BCUT2D eigenvalue weighted by Gasteiger charge is 2.41. The number of carbonyl (C=O) groups excluding carboxylic acids is 2. The van der Waals surface area contributed by atoms with Crippen LogP contribution in [-0.2, 0) is 27.3 Å². The number of hydrogen-bond acceptors (Lipinski definition) is 13. The van der Waals surface area contributed by atoms with Gasteiger partial charge < -0.3 is 27.2 Å². The van der Waals surface area contributed by atoms with Crippen molar-refractivity contribution in [3.8, 4) is 17.6 Å². The van der Waals surface area contributed by atoms with Crippen molar-refractivity contribution >= 4 is 84.2 Å². The van der Waals surface area contributed by atoms with E-state index in [4.69, 9.17) is 33.7 Å². The van der Waals surface area contributed by atoms with Crippen molar-refractivity contribution in [2.45, 2.75) is 98.6 Å².